The second kappa shape index (κ2) is 9.24. The Morgan fingerprint density at radius 3 is 2.64 bits per heavy atom. The highest BCUT2D eigenvalue weighted by Gasteiger charge is 2.28. The molecule has 2 aromatic heterocycles. The maximum absolute atomic E-state index is 15.0. The van der Waals surface area contributed by atoms with Gasteiger partial charge in [-0.25, -0.2) is 8.78 Å². The van der Waals surface area contributed by atoms with Crippen LogP contribution in [-0.2, 0) is 17.7 Å². The highest BCUT2D eigenvalue weighted by molar-refractivity contribution is 7.16. The molecule has 9 heteroatoms. The monoisotopic (exact) mass is 505 g/mol. The predicted octanol–water partition coefficient (Wildman–Crippen LogP) is 5.53. The molecule has 3 heterocycles. The second-order valence-electron chi connectivity index (χ2n) is 9.05. The van der Waals surface area contributed by atoms with Gasteiger partial charge < -0.3 is 15.5 Å². The predicted molar refractivity (Wildman–Crippen MR) is 139 cm³/mol. The number of halogens is 2. The summed E-state index contributed by atoms with van der Waals surface area (Å²) in [6, 6.07) is 10.8. The van der Waals surface area contributed by atoms with E-state index in [1.54, 1.807) is 11.3 Å². The van der Waals surface area contributed by atoms with Gasteiger partial charge in [-0.2, -0.15) is 5.10 Å². The number of morpholine rings is 1. The molecule has 0 bridgehead atoms. The molecule has 1 aliphatic heterocycles. The van der Waals surface area contributed by atoms with Gasteiger partial charge in [0.15, 0.2) is 0 Å². The van der Waals surface area contributed by atoms with E-state index in [4.69, 9.17) is 10.1 Å². The quantitative estimate of drug-likeness (QED) is 0.265. The number of aromatic nitrogens is 2. The molecule has 0 amide bonds. The molecule has 2 aromatic carbocycles. The van der Waals surface area contributed by atoms with Crippen molar-refractivity contribution < 1.29 is 13.5 Å². The fourth-order valence-electron chi connectivity index (χ4n) is 5.00. The molecule has 3 N–H and O–H groups in total. The Bertz CT molecular complexity index is 1450. The van der Waals surface area contributed by atoms with Crippen molar-refractivity contribution in [2.75, 3.05) is 38.7 Å². The van der Waals surface area contributed by atoms with Crippen molar-refractivity contribution in [2.24, 2.45) is 0 Å². The summed E-state index contributed by atoms with van der Waals surface area (Å²) >= 11 is 1.56. The summed E-state index contributed by atoms with van der Waals surface area (Å²) in [5, 5.41) is 18.5. The number of aromatic amines is 1. The van der Waals surface area contributed by atoms with Crippen LogP contribution in [0, 0.1) is 17.0 Å². The molecule has 6 rings (SSSR count). The molecule has 6 nitrogen and oxygen atoms in total. The van der Waals surface area contributed by atoms with E-state index in [0.29, 0.717) is 38.3 Å². The van der Waals surface area contributed by atoms with Crippen molar-refractivity contribution in [1.82, 2.24) is 15.1 Å². The maximum atomic E-state index is 15.0. The third-order valence-electron chi connectivity index (χ3n) is 6.95. The second-order valence-corrected chi connectivity index (χ2v) is 10.2. The van der Waals surface area contributed by atoms with E-state index in [-0.39, 0.29) is 12.1 Å². The van der Waals surface area contributed by atoms with E-state index in [9.17, 15) is 8.78 Å². The van der Waals surface area contributed by atoms with Crippen LogP contribution in [0.2, 0.25) is 0 Å². The molecule has 0 atom stereocenters. The van der Waals surface area contributed by atoms with E-state index < -0.39 is 11.6 Å². The first-order chi connectivity index (χ1) is 17.6. The van der Waals surface area contributed by atoms with Gasteiger partial charge in [0.25, 0.3) is 0 Å². The van der Waals surface area contributed by atoms with Gasteiger partial charge in [-0.1, -0.05) is 12.1 Å². The minimum absolute atomic E-state index is 0.111. The standard InChI is InChI=1S/C27H25F2N5OS/c1-31-23-10-15(2-3-16(23)13-30)26-19-12-25-18(27(19)33-32-26)11-24(36-25)17-8-21(28)20(22(29)9-17)14-34-4-6-35-7-5-34/h2-3,8-11,13,30-31H,4-7,12,14H2,1H3,(H,32,33). The number of fused-ring (bicyclic) bond motifs is 3. The van der Waals surface area contributed by atoms with Crippen molar-refractivity contribution in [2.45, 2.75) is 13.0 Å². The van der Waals surface area contributed by atoms with E-state index >= 15 is 0 Å². The summed E-state index contributed by atoms with van der Waals surface area (Å²) in [5.74, 6) is -1.02. The average molecular weight is 506 g/mol. The maximum Gasteiger partial charge on any atom is 0.131 e. The van der Waals surface area contributed by atoms with Crippen LogP contribution >= 0.6 is 11.3 Å². The lowest BCUT2D eigenvalue weighted by molar-refractivity contribution is 0.0332. The van der Waals surface area contributed by atoms with E-state index in [0.717, 1.165) is 49.1 Å². The number of benzene rings is 2. The lowest BCUT2D eigenvalue weighted by atomic mass is 10.0. The Balaban J connectivity index is 1.29. The first kappa shape index (κ1) is 23.0. The van der Waals surface area contributed by atoms with E-state index in [2.05, 4.69) is 15.5 Å². The Labute approximate surface area is 211 Å². The molecule has 4 aromatic rings. The van der Waals surface area contributed by atoms with Gasteiger partial charge >= 0.3 is 0 Å². The Kier molecular flexibility index (Phi) is 5.91. The van der Waals surface area contributed by atoms with Crippen molar-refractivity contribution in [1.29, 1.82) is 5.41 Å². The van der Waals surface area contributed by atoms with Gasteiger partial charge in [-0.3, -0.25) is 10.00 Å². The highest BCUT2D eigenvalue weighted by atomic mass is 32.1. The van der Waals surface area contributed by atoms with Gasteiger partial charge in [0.2, 0.25) is 0 Å². The fraction of sp³-hybridized carbons (Fsp3) is 0.259. The van der Waals surface area contributed by atoms with Gasteiger partial charge in [0.05, 0.1) is 24.6 Å². The third-order valence-corrected chi connectivity index (χ3v) is 8.13. The SMILES string of the molecule is CNc1cc(-c2n[nH]c3c2Cc2sc(-c4cc(F)c(CN5CCOCC5)c(F)c4)cc2-3)ccc1C=N. The summed E-state index contributed by atoms with van der Waals surface area (Å²) < 4.78 is 35.3. The topological polar surface area (TPSA) is 77.0 Å². The van der Waals surface area contributed by atoms with Crippen LogP contribution in [0.15, 0.2) is 36.4 Å². The van der Waals surface area contributed by atoms with E-state index in [1.807, 2.05) is 36.2 Å². The van der Waals surface area contributed by atoms with Crippen molar-refractivity contribution in [3.63, 3.8) is 0 Å². The first-order valence-electron chi connectivity index (χ1n) is 11.9. The van der Waals surface area contributed by atoms with Crippen LogP contribution < -0.4 is 5.32 Å². The number of hydrogen-bond acceptors (Lipinski definition) is 6. The average Bonchev–Trinajstić information content (AvgIpc) is 3.58. The minimum Gasteiger partial charge on any atom is -0.388 e. The molecule has 1 fully saturated rings. The Morgan fingerprint density at radius 2 is 1.92 bits per heavy atom. The molecular weight excluding hydrogens is 480 g/mol. The molecule has 0 spiro atoms. The number of hydrogen-bond donors (Lipinski definition) is 3. The van der Waals surface area contributed by atoms with Crippen LogP contribution in [-0.4, -0.2) is 54.7 Å². The molecule has 0 unspecified atom stereocenters. The summed E-state index contributed by atoms with van der Waals surface area (Å²) in [5.41, 5.74) is 7.30. The molecule has 1 saturated heterocycles. The summed E-state index contributed by atoms with van der Waals surface area (Å²) in [6.07, 6.45) is 2.03. The lowest BCUT2D eigenvalue weighted by Gasteiger charge is -2.26. The van der Waals surface area contributed by atoms with Crippen molar-refractivity contribution >= 4 is 23.2 Å². The zero-order valence-corrected chi connectivity index (χ0v) is 20.6. The molecule has 184 valence electrons. The van der Waals surface area contributed by atoms with Crippen LogP contribution in [0.1, 0.15) is 21.6 Å². The fourth-order valence-corrected chi connectivity index (χ4v) is 6.16. The molecular formula is C27H25F2N5OS. The number of H-pyrrole nitrogens is 1. The highest BCUT2D eigenvalue weighted by Crippen LogP contribution is 2.47. The smallest absolute Gasteiger partial charge is 0.131 e. The zero-order chi connectivity index (χ0) is 24.8. The molecule has 36 heavy (non-hydrogen) atoms. The van der Waals surface area contributed by atoms with Crippen LogP contribution in [0.25, 0.3) is 33.0 Å². The normalized spacial score (nSPS) is 15.1. The number of nitrogens with one attached hydrogen (secondary N) is 3. The molecule has 0 saturated carbocycles. The van der Waals surface area contributed by atoms with Crippen LogP contribution in [0.3, 0.4) is 0 Å². The molecule has 2 aliphatic rings. The minimum atomic E-state index is -0.511. The van der Waals surface area contributed by atoms with Crippen LogP contribution in [0.5, 0.6) is 0 Å². The van der Waals surface area contributed by atoms with Gasteiger partial charge in [0, 0.05) is 82.6 Å². The van der Waals surface area contributed by atoms with Gasteiger partial charge in [-0.05, 0) is 29.8 Å². The number of anilines is 1. The summed E-state index contributed by atoms with van der Waals surface area (Å²) in [7, 11) is 1.83. The van der Waals surface area contributed by atoms with Crippen molar-refractivity contribution in [3.05, 3.63) is 69.6 Å². The third kappa shape index (κ3) is 3.93. The molecule has 1 aliphatic carbocycles. The van der Waals surface area contributed by atoms with Crippen molar-refractivity contribution in [3.8, 4) is 33.0 Å². The number of ether oxygens (including phenoxy) is 1. The zero-order valence-electron chi connectivity index (χ0n) is 19.8. The summed E-state index contributed by atoms with van der Waals surface area (Å²) in [6.45, 7) is 2.78. The lowest BCUT2D eigenvalue weighted by Crippen LogP contribution is -2.36. The van der Waals surface area contributed by atoms with E-state index in [1.165, 1.54) is 18.3 Å². The van der Waals surface area contributed by atoms with Crippen LogP contribution in [0.4, 0.5) is 14.5 Å². The first-order valence-corrected chi connectivity index (χ1v) is 12.7. The Morgan fingerprint density at radius 1 is 1.14 bits per heavy atom. The number of thiophene rings is 1. The number of nitrogens with zero attached hydrogens (tertiary/aromatic N) is 2. The van der Waals surface area contributed by atoms with Gasteiger partial charge in [-0.15, -0.1) is 11.3 Å². The molecule has 0 radical (unpaired) electrons. The summed E-state index contributed by atoms with van der Waals surface area (Å²) in [4.78, 5) is 4.00. The Hall–Kier alpha value is -3.40. The van der Waals surface area contributed by atoms with Gasteiger partial charge in [0.1, 0.15) is 11.6 Å². The number of rotatable bonds is 6. The largest absolute Gasteiger partial charge is 0.388 e.